The first kappa shape index (κ1) is 9.27. The lowest BCUT2D eigenvalue weighted by Gasteiger charge is -2.05. The van der Waals surface area contributed by atoms with Crippen molar-refractivity contribution >= 4 is 5.57 Å². The number of aryl methyl sites for hydroxylation is 1. The topological polar surface area (TPSA) is 53.1 Å². The van der Waals surface area contributed by atoms with Crippen LogP contribution in [0.25, 0.3) is 5.57 Å². The molecule has 76 valence electrons. The molecule has 0 bridgehead atoms. The Hall–Kier alpha value is -1.29. The molecule has 1 aromatic rings. The van der Waals surface area contributed by atoms with Crippen molar-refractivity contribution < 1.29 is 4.74 Å². The van der Waals surface area contributed by atoms with Crippen LogP contribution in [0, 0.1) is 0 Å². The van der Waals surface area contributed by atoms with Crippen LogP contribution < -0.4 is 10.5 Å². The molecular weight excluding hydrogens is 178 g/mol. The van der Waals surface area contributed by atoms with E-state index in [-0.39, 0.29) is 6.04 Å². The molecule has 0 aliphatic heterocycles. The average Bonchev–Trinajstić information content (AvgIpc) is 2.71. The summed E-state index contributed by atoms with van der Waals surface area (Å²) in [6.45, 7) is 0. The zero-order valence-corrected chi connectivity index (χ0v) is 8.53. The fourth-order valence-corrected chi connectivity index (χ4v) is 1.88. The summed E-state index contributed by atoms with van der Waals surface area (Å²) in [6.07, 6.45) is 5.86. The predicted octanol–water partition coefficient (Wildman–Crippen LogP) is 0.933. The molecule has 1 aliphatic rings. The molecule has 4 nitrogen and oxygen atoms in total. The van der Waals surface area contributed by atoms with Crippen molar-refractivity contribution in [3.63, 3.8) is 0 Å². The second-order valence-electron chi connectivity index (χ2n) is 3.58. The molecule has 1 atom stereocenters. The Balaban J connectivity index is 2.40. The van der Waals surface area contributed by atoms with E-state index < -0.39 is 0 Å². The van der Waals surface area contributed by atoms with E-state index in [1.54, 1.807) is 13.3 Å². The maximum Gasteiger partial charge on any atom is 0.164 e. The summed E-state index contributed by atoms with van der Waals surface area (Å²) in [5, 5.41) is 4.17. The summed E-state index contributed by atoms with van der Waals surface area (Å²) in [6, 6.07) is 0.185. The van der Waals surface area contributed by atoms with E-state index in [4.69, 9.17) is 10.5 Å². The van der Waals surface area contributed by atoms with E-state index in [0.717, 1.165) is 24.3 Å². The molecule has 1 aliphatic carbocycles. The van der Waals surface area contributed by atoms with Gasteiger partial charge in [-0.05, 0) is 18.4 Å². The SMILES string of the molecule is COc1cnn(C)c1C1=CC(N)CC1. The molecular formula is C10H15N3O. The largest absolute Gasteiger partial charge is 0.493 e. The first-order valence-electron chi connectivity index (χ1n) is 4.75. The van der Waals surface area contributed by atoms with Gasteiger partial charge in [-0.25, -0.2) is 0 Å². The van der Waals surface area contributed by atoms with Gasteiger partial charge in [0, 0.05) is 13.1 Å². The van der Waals surface area contributed by atoms with E-state index in [1.165, 1.54) is 5.57 Å². The number of methoxy groups -OCH3 is 1. The van der Waals surface area contributed by atoms with Crippen molar-refractivity contribution in [1.82, 2.24) is 9.78 Å². The summed E-state index contributed by atoms with van der Waals surface area (Å²) in [5.74, 6) is 0.827. The van der Waals surface area contributed by atoms with E-state index in [2.05, 4.69) is 11.2 Å². The molecule has 0 saturated heterocycles. The predicted molar refractivity (Wildman–Crippen MR) is 54.9 cm³/mol. The molecule has 0 aromatic carbocycles. The van der Waals surface area contributed by atoms with E-state index >= 15 is 0 Å². The van der Waals surface area contributed by atoms with E-state index in [1.807, 2.05) is 11.7 Å². The second kappa shape index (κ2) is 3.46. The Morgan fingerprint density at radius 1 is 1.64 bits per heavy atom. The minimum atomic E-state index is 0.185. The Kier molecular flexibility index (Phi) is 2.29. The molecule has 1 unspecified atom stereocenters. The van der Waals surface area contributed by atoms with Crippen LogP contribution in [-0.4, -0.2) is 22.9 Å². The number of hydrogen-bond donors (Lipinski definition) is 1. The fraction of sp³-hybridized carbons (Fsp3) is 0.500. The van der Waals surface area contributed by atoms with Crippen molar-refractivity contribution in [2.75, 3.05) is 7.11 Å². The van der Waals surface area contributed by atoms with Crippen molar-refractivity contribution in [1.29, 1.82) is 0 Å². The highest BCUT2D eigenvalue weighted by Gasteiger charge is 2.19. The van der Waals surface area contributed by atoms with Crippen LogP contribution >= 0.6 is 0 Å². The normalized spacial score (nSPS) is 21.1. The quantitative estimate of drug-likeness (QED) is 0.760. The molecule has 0 radical (unpaired) electrons. The number of hydrogen-bond acceptors (Lipinski definition) is 3. The minimum absolute atomic E-state index is 0.185. The van der Waals surface area contributed by atoms with Gasteiger partial charge in [0.15, 0.2) is 5.75 Å². The fourth-order valence-electron chi connectivity index (χ4n) is 1.88. The third-order valence-electron chi connectivity index (χ3n) is 2.59. The summed E-state index contributed by atoms with van der Waals surface area (Å²) in [4.78, 5) is 0. The van der Waals surface area contributed by atoms with Crippen molar-refractivity contribution in [3.8, 4) is 5.75 Å². The molecule has 2 rings (SSSR count). The van der Waals surface area contributed by atoms with Crippen molar-refractivity contribution in [2.45, 2.75) is 18.9 Å². The molecule has 0 amide bonds. The highest BCUT2D eigenvalue weighted by molar-refractivity contribution is 5.70. The monoisotopic (exact) mass is 193 g/mol. The highest BCUT2D eigenvalue weighted by atomic mass is 16.5. The first-order valence-corrected chi connectivity index (χ1v) is 4.75. The maximum absolute atomic E-state index is 5.83. The van der Waals surface area contributed by atoms with Gasteiger partial charge in [-0.1, -0.05) is 6.08 Å². The van der Waals surface area contributed by atoms with Crippen LogP contribution in [0.5, 0.6) is 5.75 Å². The molecule has 2 N–H and O–H groups in total. The molecule has 14 heavy (non-hydrogen) atoms. The lowest BCUT2D eigenvalue weighted by atomic mass is 10.1. The maximum atomic E-state index is 5.83. The van der Waals surface area contributed by atoms with Crippen LogP contribution in [0.4, 0.5) is 0 Å². The zero-order valence-electron chi connectivity index (χ0n) is 8.53. The van der Waals surface area contributed by atoms with Crippen LogP contribution in [0.15, 0.2) is 12.3 Å². The van der Waals surface area contributed by atoms with Gasteiger partial charge >= 0.3 is 0 Å². The van der Waals surface area contributed by atoms with Crippen LogP contribution in [-0.2, 0) is 7.05 Å². The average molecular weight is 193 g/mol. The Morgan fingerprint density at radius 2 is 2.43 bits per heavy atom. The standard InChI is InChI=1S/C10H15N3O/c1-13-10(9(14-2)6-12-13)7-3-4-8(11)5-7/h5-6,8H,3-4,11H2,1-2H3. The zero-order chi connectivity index (χ0) is 10.1. The van der Waals surface area contributed by atoms with Gasteiger partial charge < -0.3 is 10.5 Å². The Morgan fingerprint density at radius 3 is 3.00 bits per heavy atom. The smallest absolute Gasteiger partial charge is 0.164 e. The number of allylic oxidation sites excluding steroid dienone is 1. The van der Waals surface area contributed by atoms with Gasteiger partial charge in [-0.2, -0.15) is 5.10 Å². The van der Waals surface area contributed by atoms with Crippen LogP contribution in [0.2, 0.25) is 0 Å². The first-order chi connectivity index (χ1) is 6.72. The number of rotatable bonds is 2. The van der Waals surface area contributed by atoms with Gasteiger partial charge in [-0.15, -0.1) is 0 Å². The van der Waals surface area contributed by atoms with Gasteiger partial charge in [0.1, 0.15) is 5.69 Å². The third kappa shape index (κ3) is 1.42. The van der Waals surface area contributed by atoms with Gasteiger partial charge in [0.05, 0.1) is 13.3 Å². The summed E-state index contributed by atoms with van der Waals surface area (Å²) in [5.41, 5.74) is 8.13. The molecule has 0 fully saturated rings. The summed E-state index contributed by atoms with van der Waals surface area (Å²) >= 11 is 0. The Bertz CT molecular complexity index is 367. The number of nitrogens with zero attached hydrogens (tertiary/aromatic N) is 2. The van der Waals surface area contributed by atoms with Crippen LogP contribution in [0.1, 0.15) is 18.5 Å². The van der Waals surface area contributed by atoms with E-state index in [0.29, 0.717) is 0 Å². The van der Waals surface area contributed by atoms with Crippen LogP contribution in [0.3, 0.4) is 0 Å². The minimum Gasteiger partial charge on any atom is -0.493 e. The highest BCUT2D eigenvalue weighted by Crippen LogP contribution is 2.32. The number of aromatic nitrogens is 2. The lowest BCUT2D eigenvalue weighted by Crippen LogP contribution is -2.11. The molecule has 1 heterocycles. The van der Waals surface area contributed by atoms with Gasteiger partial charge in [0.2, 0.25) is 0 Å². The summed E-state index contributed by atoms with van der Waals surface area (Å²) < 4.78 is 7.08. The molecule has 1 aromatic heterocycles. The molecule has 4 heteroatoms. The molecule has 0 saturated carbocycles. The number of nitrogens with two attached hydrogens (primary N) is 1. The van der Waals surface area contributed by atoms with Crippen molar-refractivity contribution in [2.24, 2.45) is 12.8 Å². The van der Waals surface area contributed by atoms with Gasteiger partial charge in [0.25, 0.3) is 0 Å². The lowest BCUT2D eigenvalue weighted by molar-refractivity contribution is 0.412. The van der Waals surface area contributed by atoms with E-state index in [9.17, 15) is 0 Å². The second-order valence-corrected chi connectivity index (χ2v) is 3.58. The number of ether oxygens (including phenoxy) is 1. The third-order valence-corrected chi connectivity index (χ3v) is 2.59. The van der Waals surface area contributed by atoms with Gasteiger partial charge in [-0.3, -0.25) is 4.68 Å². The summed E-state index contributed by atoms with van der Waals surface area (Å²) in [7, 11) is 3.58. The Labute approximate surface area is 83.4 Å². The van der Waals surface area contributed by atoms with Crippen molar-refractivity contribution in [3.05, 3.63) is 18.0 Å². The molecule has 0 spiro atoms.